The number of amides is 2. The molecule has 0 bridgehead atoms. The van der Waals surface area contributed by atoms with E-state index >= 15 is 0 Å². The van der Waals surface area contributed by atoms with Gasteiger partial charge in [0.05, 0.1) is 0 Å². The largest absolute Gasteiger partial charge is 0.480 e. The third kappa shape index (κ3) is 5.10. The van der Waals surface area contributed by atoms with E-state index in [-0.39, 0.29) is 18.6 Å². The van der Waals surface area contributed by atoms with Gasteiger partial charge in [-0.3, -0.25) is 9.69 Å². The normalized spacial score (nSPS) is 10.5. The fourth-order valence-electron chi connectivity index (χ4n) is 2.03. The summed E-state index contributed by atoms with van der Waals surface area (Å²) in [6, 6.07) is 8.95. The Morgan fingerprint density at radius 3 is 2.29 bits per heavy atom. The molecule has 2 amide bonds. The van der Waals surface area contributed by atoms with Gasteiger partial charge in [-0.25, -0.2) is 4.79 Å². The molecule has 0 fully saturated rings. The van der Waals surface area contributed by atoms with Gasteiger partial charge in [0, 0.05) is 18.3 Å². The first-order valence-corrected chi connectivity index (χ1v) is 7.32. The van der Waals surface area contributed by atoms with Crippen LogP contribution >= 0.6 is 0 Å². The molecular formula is C16H24N2O3. The summed E-state index contributed by atoms with van der Waals surface area (Å²) < 4.78 is 0. The second-order valence-electron chi connectivity index (χ2n) is 5.24. The Morgan fingerprint density at radius 2 is 1.81 bits per heavy atom. The quantitative estimate of drug-likeness (QED) is 0.839. The zero-order valence-corrected chi connectivity index (χ0v) is 13.0. The molecule has 0 aliphatic rings. The van der Waals surface area contributed by atoms with Crippen LogP contribution in [0.2, 0.25) is 0 Å². The van der Waals surface area contributed by atoms with Crippen LogP contribution in [0.25, 0.3) is 0 Å². The second-order valence-corrected chi connectivity index (χ2v) is 5.24. The summed E-state index contributed by atoms with van der Waals surface area (Å²) in [4.78, 5) is 26.7. The molecule has 21 heavy (non-hydrogen) atoms. The Hall–Kier alpha value is -2.04. The minimum atomic E-state index is -0.999. The van der Waals surface area contributed by atoms with Gasteiger partial charge in [0.1, 0.15) is 6.54 Å². The molecule has 1 rings (SSSR count). The number of carboxylic acids is 1. The van der Waals surface area contributed by atoms with Gasteiger partial charge in [-0.15, -0.1) is 0 Å². The highest BCUT2D eigenvalue weighted by molar-refractivity contribution is 5.93. The first kappa shape index (κ1) is 17.0. The number of carbonyl (C=O) groups excluding carboxylic acids is 1. The van der Waals surface area contributed by atoms with Crippen LogP contribution in [0.5, 0.6) is 0 Å². The first-order chi connectivity index (χ1) is 9.97. The van der Waals surface area contributed by atoms with Crippen LogP contribution in [0.3, 0.4) is 0 Å². The lowest BCUT2D eigenvalue weighted by Gasteiger charge is -2.32. The average Bonchev–Trinajstić information content (AvgIpc) is 2.45. The SMILES string of the molecule is CCCCN(C(=O)N(CC(=O)O)C(C)C)c1ccccc1. The van der Waals surface area contributed by atoms with Gasteiger partial charge < -0.3 is 10.0 Å². The fraction of sp³-hybridized carbons (Fsp3) is 0.500. The topological polar surface area (TPSA) is 60.9 Å². The monoisotopic (exact) mass is 292 g/mol. The Balaban J connectivity index is 3.00. The average molecular weight is 292 g/mol. The van der Waals surface area contributed by atoms with Crippen LogP contribution in [-0.2, 0) is 4.79 Å². The molecule has 1 aromatic carbocycles. The highest BCUT2D eigenvalue weighted by atomic mass is 16.4. The van der Waals surface area contributed by atoms with Crippen molar-refractivity contribution in [3.05, 3.63) is 30.3 Å². The van der Waals surface area contributed by atoms with Crippen molar-refractivity contribution in [1.29, 1.82) is 0 Å². The van der Waals surface area contributed by atoms with Crippen molar-refractivity contribution in [2.45, 2.75) is 39.7 Å². The molecule has 5 heteroatoms. The van der Waals surface area contributed by atoms with Gasteiger partial charge in [0.2, 0.25) is 0 Å². The van der Waals surface area contributed by atoms with Crippen molar-refractivity contribution in [2.24, 2.45) is 0 Å². The Labute approximate surface area is 126 Å². The number of unbranched alkanes of at least 4 members (excludes halogenated alkanes) is 1. The van der Waals surface area contributed by atoms with Gasteiger partial charge in [-0.05, 0) is 32.4 Å². The van der Waals surface area contributed by atoms with E-state index in [9.17, 15) is 9.59 Å². The predicted molar refractivity (Wildman–Crippen MR) is 83.6 cm³/mol. The molecule has 0 aliphatic heterocycles. The molecule has 116 valence electrons. The molecule has 0 saturated carbocycles. The number of rotatable bonds is 7. The minimum Gasteiger partial charge on any atom is -0.480 e. The number of carboxylic acid groups (broad SMARTS) is 1. The lowest BCUT2D eigenvalue weighted by Crippen LogP contribution is -2.49. The van der Waals surface area contributed by atoms with Crippen LogP contribution in [-0.4, -0.2) is 41.1 Å². The number of carbonyl (C=O) groups is 2. The standard InChI is InChI=1S/C16H24N2O3/c1-4-5-11-17(14-9-7-6-8-10-14)16(21)18(13(2)3)12-15(19)20/h6-10,13H,4-5,11-12H2,1-3H3,(H,19,20). The van der Waals surface area contributed by atoms with Crippen LogP contribution < -0.4 is 4.90 Å². The summed E-state index contributed by atoms with van der Waals surface area (Å²) in [6.07, 6.45) is 1.84. The number of aliphatic carboxylic acids is 1. The maximum Gasteiger partial charge on any atom is 0.325 e. The highest BCUT2D eigenvalue weighted by Gasteiger charge is 2.25. The van der Waals surface area contributed by atoms with Gasteiger partial charge >= 0.3 is 12.0 Å². The molecule has 0 radical (unpaired) electrons. The molecular weight excluding hydrogens is 268 g/mol. The van der Waals surface area contributed by atoms with E-state index in [1.54, 1.807) is 4.90 Å². The Bertz CT molecular complexity index is 460. The van der Waals surface area contributed by atoms with Crippen molar-refractivity contribution in [3.8, 4) is 0 Å². The zero-order chi connectivity index (χ0) is 15.8. The number of para-hydroxylation sites is 1. The molecule has 1 aromatic rings. The summed E-state index contributed by atoms with van der Waals surface area (Å²) in [7, 11) is 0. The molecule has 0 aliphatic carbocycles. The fourth-order valence-corrected chi connectivity index (χ4v) is 2.03. The molecule has 0 saturated heterocycles. The number of benzene rings is 1. The number of hydrogen-bond acceptors (Lipinski definition) is 2. The van der Waals surface area contributed by atoms with E-state index in [4.69, 9.17) is 5.11 Å². The molecule has 0 spiro atoms. The Morgan fingerprint density at radius 1 is 1.19 bits per heavy atom. The predicted octanol–water partition coefficient (Wildman–Crippen LogP) is 3.21. The van der Waals surface area contributed by atoms with Crippen LogP contribution in [0.4, 0.5) is 10.5 Å². The zero-order valence-electron chi connectivity index (χ0n) is 13.0. The van der Waals surface area contributed by atoms with E-state index < -0.39 is 5.97 Å². The second kappa shape index (κ2) is 8.29. The molecule has 0 heterocycles. The van der Waals surface area contributed by atoms with Crippen molar-refractivity contribution < 1.29 is 14.7 Å². The number of hydrogen-bond donors (Lipinski definition) is 1. The molecule has 0 atom stereocenters. The van der Waals surface area contributed by atoms with E-state index in [0.717, 1.165) is 18.5 Å². The first-order valence-electron chi connectivity index (χ1n) is 7.32. The van der Waals surface area contributed by atoms with Gasteiger partial charge in [0.25, 0.3) is 0 Å². The summed E-state index contributed by atoms with van der Waals surface area (Å²) in [5.74, 6) is -0.999. The van der Waals surface area contributed by atoms with Crippen molar-refractivity contribution >= 4 is 17.7 Å². The molecule has 1 N–H and O–H groups in total. The molecule has 0 aromatic heterocycles. The van der Waals surface area contributed by atoms with Crippen LogP contribution in [0.1, 0.15) is 33.6 Å². The number of nitrogens with zero attached hydrogens (tertiary/aromatic N) is 2. The summed E-state index contributed by atoms with van der Waals surface area (Å²) in [5, 5.41) is 9.00. The van der Waals surface area contributed by atoms with E-state index in [1.807, 2.05) is 44.2 Å². The third-order valence-electron chi connectivity index (χ3n) is 3.21. The lowest BCUT2D eigenvalue weighted by molar-refractivity contribution is -0.137. The van der Waals surface area contributed by atoms with Crippen molar-refractivity contribution in [3.63, 3.8) is 0 Å². The summed E-state index contributed by atoms with van der Waals surface area (Å²) >= 11 is 0. The molecule has 0 unspecified atom stereocenters. The van der Waals surface area contributed by atoms with Crippen LogP contribution in [0.15, 0.2) is 30.3 Å². The van der Waals surface area contributed by atoms with Gasteiger partial charge in [-0.2, -0.15) is 0 Å². The maximum absolute atomic E-state index is 12.7. The smallest absolute Gasteiger partial charge is 0.325 e. The lowest BCUT2D eigenvalue weighted by atomic mass is 10.2. The highest BCUT2D eigenvalue weighted by Crippen LogP contribution is 2.17. The number of anilines is 1. The van der Waals surface area contributed by atoms with E-state index in [2.05, 4.69) is 6.92 Å². The third-order valence-corrected chi connectivity index (χ3v) is 3.21. The van der Waals surface area contributed by atoms with E-state index in [0.29, 0.717) is 6.54 Å². The molecule has 5 nitrogen and oxygen atoms in total. The van der Waals surface area contributed by atoms with Crippen molar-refractivity contribution in [2.75, 3.05) is 18.0 Å². The summed E-state index contributed by atoms with van der Waals surface area (Å²) in [6.45, 7) is 6.01. The maximum atomic E-state index is 12.7. The van der Waals surface area contributed by atoms with Crippen molar-refractivity contribution in [1.82, 2.24) is 4.90 Å². The van der Waals surface area contributed by atoms with E-state index in [1.165, 1.54) is 4.90 Å². The Kier molecular flexibility index (Phi) is 6.72. The van der Waals surface area contributed by atoms with Crippen LogP contribution in [0, 0.1) is 0 Å². The number of urea groups is 1. The minimum absolute atomic E-state index is 0.165. The summed E-state index contributed by atoms with van der Waals surface area (Å²) in [5.41, 5.74) is 0.798. The van der Waals surface area contributed by atoms with Gasteiger partial charge in [0.15, 0.2) is 0 Å². The van der Waals surface area contributed by atoms with Gasteiger partial charge in [-0.1, -0.05) is 31.5 Å².